The van der Waals surface area contributed by atoms with Gasteiger partial charge in [0, 0.05) is 12.1 Å². The Labute approximate surface area is 140 Å². The van der Waals surface area contributed by atoms with Gasteiger partial charge in [-0.25, -0.2) is 9.37 Å². The van der Waals surface area contributed by atoms with E-state index in [-0.39, 0.29) is 0 Å². The number of rotatable bonds is 4. The molecule has 8 heteroatoms. The van der Waals surface area contributed by atoms with E-state index in [0.29, 0.717) is 38.5 Å². The van der Waals surface area contributed by atoms with Crippen LogP contribution >= 0.6 is 11.3 Å². The quantitative estimate of drug-likeness (QED) is 0.552. The molecule has 0 radical (unpaired) electrons. The summed E-state index contributed by atoms with van der Waals surface area (Å²) in [5, 5.41) is 5.48. The first kappa shape index (κ1) is 14.9. The zero-order chi connectivity index (χ0) is 16.8. The first-order chi connectivity index (χ1) is 11.6. The maximum Gasteiger partial charge on any atom is 0.212 e. The summed E-state index contributed by atoms with van der Waals surface area (Å²) in [4.78, 5) is 4.90. The van der Waals surface area contributed by atoms with Crippen molar-refractivity contribution in [2.45, 2.75) is 13.1 Å². The highest BCUT2D eigenvalue weighted by Gasteiger charge is 2.19. The molecule has 0 spiro atoms. The largest absolute Gasteiger partial charge is 0.496 e. The number of imidazole rings is 1. The van der Waals surface area contributed by atoms with Crippen molar-refractivity contribution in [1.82, 2.24) is 14.6 Å². The lowest BCUT2D eigenvalue weighted by molar-refractivity contribution is 0.370. The van der Waals surface area contributed by atoms with E-state index in [9.17, 15) is 4.39 Å². The standard InChI is InChI=1S/C16H14FN3O3S/c1-8(17)15-19-20-11(7-18-16(20)24-15)14-6-10-12(22-3)4-9(21-2)5-13(10)23-14/h4-8H,1-3H3. The Morgan fingerprint density at radius 1 is 1.25 bits per heavy atom. The summed E-state index contributed by atoms with van der Waals surface area (Å²) in [5.74, 6) is 1.87. The Kier molecular flexibility index (Phi) is 3.42. The molecule has 0 saturated heterocycles. The summed E-state index contributed by atoms with van der Waals surface area (Å²) in [5.41, 5.74) is 1.29. The molecule has 0 bridgehead atoms. The van der Waals surface area contributed by atoms with Gasteiger partial charge in [-0.1, -0.05) is 11.3 Å². The van der Waals surface area contributed by atoms with Crippen LogP contribution in [-0.2, 0) is 0 Å². The topological polar surface area (TPSA) is 61.8 Å². The predicted molar refractivity (Wildman–Crippen MR) is 88.7 cm³/mol. The Morgan fingerprint density at radius 2 is 2.08 bits per heavy atom. The highest BCUT2D eigenvalue weighted by molar-refractivity contribution is 7.16. The van der Waals surface area contributed by atoms with E-state index in [2.05, 4.69) is 10.1 Å². The molecule has 0 N–H and O–H groups in total. The molecule has 3 aromatic heterocycles. The second-order valence-electron chi connectivity index (χ2n) is 5.25. The van der Waals surface area contributed by atoms with Crippen molar-refractivity contribution in [2.24, 2.45) is 0 Å². The SMILES string of the molecule is COc1cc(OC)c2cc(-c3cnc4sc(C(C)F)nn34)oc2c1. The third-order valence-corrected chi connectivity index (χ3v) is 4.80. The zero-order valence-corrected chi connectivity index (χ0v) is 14.1. The third kappa shape index (κ3) is 2.22. The van der Waals surface area contributed by atoms with Crippen molar-refractivity contribution in [3.63, 3.8) is 0 Å². The lowest BCUT2D eigenvalue weighted by Crippen LogP contribution is -1.90. The first-order valence-electron chi connectivity index (χ1n) is 7.25. The maximum absolute atomic E-state index is 13.5. The van der Waals surface area contributed by atoms with Gasteiger partial charge in [-0.3, -0.25) is 0 Å². The third-order valence-electron chi connectivity index (χ3n) is 3.72. The molecule has 24 heavy (non-hydrogen) atoms. The second-order valence-corrected chi connectivity index (χ2v) is 6.23. The molecule has 1 unspecified atom stereocenters. The maximum atomic E-state index is 13.5. The molecule has 124 valence electrons. The molecular weight excluding hydrogens is 333 g/mol. The van der Waals surface area contributed by atoms with Crippen LogP contribution in [0.4, 0.5) is 4.39 Å². The van der Waals surface area contributed by atoms with E-state index in [0.717, 1.165) is 5.39 Å². The van der Waals surface area contributed by atoms with Crippen LogP contribution in [0, 0.1) is 0 Å². The Morgan fingerprint density at radius 3 is 2.79 bits per heavy atom. The first-order valence-corrected chi connectivity index (χ1v) is 8.07. The molecule has 0 amide bonds. The number of fused-ring (bicyclic) bond motifs is 2. The van der Waals surface area contributed by atoms with Crippen molar-refractivity contribution in [1.29, 1.82) is 0 Å². The molecule has 0 aliphatic rings. The monoisotopic (exact) mass is 347 g/mol. The molecule has 6 nitrogen and oxygen atoms in total. The van der Waals surface area contributed by atoms with Crippen LogP contribution in [0.2, 0.25) is 0 Å². The van der Waals surface area contributed by atoms with E-state index in [1.165, 1.54) is 18.3 Å². The van der Waals surface area contributed by atoms with Gasteiger partial charge in [-0.15, -0.1) is 0 Å². The van der Waals surface area contributed by atoms with Crippen LogP contribution in [0.1, 0.15) is 18.1 Å². The minimum Gasteiger partial charge on any atom is -0.496 e. The highest BCUT2D eigenvalue weighted by Crippen LogP contribution is 2.37. The molecule has 0 aliphatic carbocycles. The van der Waals surface area contributed by atoms with Gasteiger partial charge in [-0.05, 0) is 13.0 Å². The highest BCUT2D eigenvalue weighted by atomic mass is 32.1. The van der Waals surface area contributed by atoms with Crippen LogP contribution in [0.15, 0.2) is 28.8 Å². The Balaban J connectivity index is 1.90. The number of hydrogen-bond acceptors (Lipinski definition) is 6. The van der Waals surface area contributed by atoms with E-state index in [4.69, 9.17) is 13.9 Å². The van der Waals surface area contributed by atoms with Crippen molar-refractivity contribution in [3.8, 4) is 23.0 Å². The number of alkyl halides is 1. The number of methoxy groups -OCH3 is 2. The van der Waals surface area contributed by atoms with Gasteiger partial charge in [0.25, 0.3) is 0 Å². The van der Waals surface area contributed by atoms with Crippen LogP contribution in [-0.4, -0.2) is 28.8 Å². The molecular formula is C16H14FN3O3S. The van der Waals surface area contributed by atoms with Crippen LogP contribution in [0.5, 0.6) is 11.5 Å². The molecule has 1 atom stereocenters. The van der Waals surface area contributed by atoms with E-state index < -0.39 is 6.17 Å². The van der Waals surface area contributed by atoms with Gasteiger partial charge in [-0.2, -0.15) is 9.61 Å². The fourth-order valence-electron chi connectivity index (χ4n) is 2.53. The van der Waals surface area contributed by atoms with Gasteiger partial charge < -0.3 is 13.9 Å². The van der Waals surface area contributed by atoms with Crippen molar-refractivity contribution in [2.75, 3.05) is 14.2 Å². The van der Waals surface area contributed by atoms with Crippen molar-refractivity contribution < 1.29 is 18.3 Å². The van der Waals surface area contributed by atoms with Crippen LogP contribution in [0.25, 0.3) is 27.4 Å². The average Bonchev–Trinajstić information content (AvgIpc) is 3.26. The number of halogens is 1. The lowest BCUT2D eigenvalue weighted by Gasteiger charge is -2.04. The molecule has 4 aromatic rings. The number of furan rings is 1. The number of aromatic nitrogens is 3. The van der Waals surface area contributed by atoms with E-state index in [1.54, 1.807) is 37.1 Å². The van der Waals surface area contributed by atoms with Gasteiger partial charge in [0.2, 0.25) is 4.96 Å². The van der Waals surface area contributed by atoms with Crippen LogP contribution < -0.4 is 9.47 Å². The van der Waals surface area contributed by atoms with Gasteiger partial charge in [0.1, 0.15) is 22.8 Å². The Bertz CT molecular complexity index is 1030. The number of nitrogens with zero attached hydrogens (tertiary/aromatic N) is 3. The minimum absolute atomic E-state index is 0.384. The van der Waals surface area contributed by atoms with Crippen molar-refractivity contribution in [3.05, 3.63) is 29.4 Å². The summed E-state index contributed by atoms with van der Waals surface area (Å²) in [7, 11) is 3.17. The predicted octanol–water partition coefficient (Wildman–Crippen LogP) is 4.25. The molecule has 1 aromatic carbocycles. The molecule has 3 heterocycles. The molecule has 4 rings (SSSR count). The summed E-state index contributed by atoms with van der Waals surface area (Å²) in [6, 6.07) is 5.43. The number of benzene rings is 1. The Hall–Kier alpha value is -2.61. The van der Waals surface area contributed by atoms with Crippen LogP contribution in [0.3, 0.4) is 0 Å². The average molecular weight is 347 g/mol. The lowest BCUT2D eigenvalue weighted by atomic mass is 10.2. The summed E-state index contributed by atoms with van der Waals surface area (Å²) >= 11 is 1.22. The second kappa shape index (κ2) is 5.48. The number of hydrogen-bond donors (Lipinski definition) is 0. The van der Waals surface area contributed by atoms with E-state index >= 15 is 0 Å². The van der Waals surface area contributed by atoms with Gasteiger partial charge in [0.05, 0.1) is 25.8 Å². The smallest absolute Gasteiger partial charge is 0.212 e. The molecule has 0 fully saturated rings. The number of ether oxygens (including phenoxy) is 2. The fourth-order valence-corrected chi connectivity index (χ4v) is 3.33. The fraction of sp³-hybridized carbons (Fsp3) is 0.250. The van der Waals surface area contributed by atoms with Gasteiger partial charge >= 0.3 is 0 Å². The normalized spacial score (nSPS) is 12.8. The van der Waals surface area contributed by atoms with Crippen molar-refractivity contribution >= 4 is 27.3 Å². The summed E-state index contributed by atoms with van der Waals surface area (Å²) in [6.45, 7) is 1.45. The molecule has 0 aliphatic heterocycles. The summed E-state index contributed by atoms with van der Waals surface area (Å²) < 4.78 is 31.7. The minimum atomic E-state index is -1.13. The van der Waals surface area contributed by atoms with Gasteiger partial charge in [0.15, 0.2) is 16.9 Å². The molecule has 0 saturated carbocycles. The van der Waals surface area contributed by atoms with E-state index in [1.807, 2.05) is 6.07 Å². The zero-order valence-electron chi connectivity index (χ0n) is 13.2. The summed E-state index contributed by atoms with van der Waals surface area (Å²) in [6.07, 6.45) is 0.525.